The van der Waals surface area contributed by atoms with E-state index in [1.54, 1.807) is 0 Å². The van der Waals surface area contributed by atoms with Crippen molar-refractivity contribution < 1.29 is 5.11 Å². The third-order valence-corrected chi connectivity index (χ3v) is 4.37. The summed E-state index contributed by atoms with van der Waals surface area (Å²) < 4.78 is 1.14. The zero-order valence-corrected chi connectivity index (χ0v) is 12.0. The number of rotatable bonds is 4. The number of fused-ring (bicyclic) bond motifs is 1. The van der Waals surface area contributed by atoms with Gasteiger partial charge in [-0.05, 0) is 18.1 Å². The minimum absolute atomic E-state index is 0.0528. The molecule has 0 aliphatic carbocycles. The van der Waals surface area contributed by atoms with E-state index in [9.17, 15) is 9.59 Å². The van der Waals surface area contributed by atoms with Crippen molar-refractivity contribution in [3.63, 3.8) is 0 Å². The summed E-state index contributed by atoms with van der Waals surface area (Å²) >= 11 is 1.39. The van der Waals surface area contributed by atoms with Crippen LogP contribution < -0.4 is 11.2 Å². The first-order valence-corrected chi connectivity index (χ1v) is 7.45. The van der Waals surface area contributed by atoms with Gasteiger partial charge in [-0.1, -0.05) is 30.3 Å². The van der Waals surface area contributed by atoms with Crippen LogP contribution in [0.25, 0.3) is 20.7 Å². The van der Waals surface area contributed by atoms with Crippen molar-refractivity contribution in [1.82, 2.24) is 9.55 Å². The SMILES string of the molecule is O=c1[nH]c2sc(-c3ccccc3)cc2c(=O)n1CCCO. The molecule has 108 valence electrons. The number of aromatic nitrogens is 2. The first-order valence-electron chi connectivity index (χ1n) is 6.63. The lowest BCUT2D eigenvalue weighted by Gasteiger charge is -2.02. The number of hydrogen-bond donors (Lipinski definition) is 2. The van der Waals surface area contributed by atoms with Crippen LogP contribution in [-0.2, 0) is 6.54 Å². The molecule has 0 spiro atoms. The van der Waals surface area contributed by atoms with Crippen molar-refractivity contribution in [2.45, 2.75) is 13.0 Å². The highest BCUT2D eigenvalue weighted by molar-refractivity contribution is 7.21. The number of benzene rings is 1. The van der Waals surface area contributed by atoms with Gasteiger partial charge in [-0.2, -0.15) is 0 Å². The Hall–Kier alpha value is -2.18. The van der Waals surface area contributed by atoms with E-state index in [4.69, 9.17) is 5.11 Å². The number of hydrogen-bond acceptors (Lipinski definition) is 4. The fraction of sp³-hybridized carbons (Fsp3) is 0.200. The molecule has 0 radical (unpaired) electrons. The smallest absolute Gasteiger partial charge is 0.329 e. The lowest BCUT2D eigenvalue weighted by Crippen LogP contribution is -2.34. The molecule has 21 heavy (non-hydrogen) atoms. The third kappa shape index (κ3) is 2.55. The van der Waals surface area contributed by atoms with Gasteiger partial charge in [0, 0.05) is 18.0 Å². The van der Waals surface area contributed by atoms with Crippen LogP contribution >= 0.6 is 11.3 Å². The van der Waals surface area contributed by atoms with Crippen LogP contribution in [0.4, 0.5) is 0 Å². The Morgan fingerprint density at radius 2 is 1.95 bits per heavy atom. The fourth-order valence-corrected chi connectivity index (χ4v) is 3.27. The summed E-state index contributed by atoms with van der Waals surface area (Å²) in [5.74, 6) is 0. The van der Waals surface area contributed by atoms with Gasteiger partial charge >= 0.3 is 5.69 Å². The Morgan fingerprint density at radius 3 is 2.67 bits per heavy atom. The normalized spacial score (nSPS) is 11.1. The van der Waals surface area contributed by atoms with Gasteiger partial charge < -0.3 is 5.11 Å². The Labute approximate surface area is 124 Å². The summed E-state index contributed by atoms with van der Waals surface area (Å²) in [6.07, 6.45) is 0.379. The van der Waals surface area contributed by atoms with Crippen LogP contribution in [0.1, 0.15) is 6.42 Å². The summed E-state index contributed by atoms with van der Waals surface area (Å²) in [5.41, 5.74) is 0.281. The summed E-state index contributed by atoms with van der Waals surface area (Å²) in [7, 11) is 0. The van der Waals surface area contributed by atoms with Gasteiger partial charge in [0.15, 0.2) is 0 Å². The number of aliphatic hydroxyl groups is 1. The van der Waals surface area contributed by atoms with Gasteiger partial charge in [0.1, 0.15) is 4.83 Å². The number of aliphatic hydroxyl groups excluding tert-OH is 1. The molecule has 2 aromatic heterocycles. The lowest BCUT2D eigenvalue weighted by atomic mass is 10.2. The Bertz CT molecular complexity index is 877. The minimum atomic E-state index is -0.428. The molecule has 6 heteroatoms. The van der Waals surface area contributed by atoms with E-state index >= 15 is 0 Å². The standard InChI is InChI=1S/C15H14N2O3S/c18-8-4-7-17-14(19)11-9-12(10-5-2-1-3-6-10)21-13(11)16-15(17)20/h1-3,5-6,9,18H,4,7-8H2,(H,16,20). The molecule has 0 saturated heterocycles. The predicted molar refractivity (Wildman–Crippen MR) is 83.8 cm³/mol. The van der Waals surface area contributed by atoms with Gasteiger partial charge in [-0.3, -0.25) is 14.3 Å². The molecule has 0 unspecified atom stereocenters. The fourth-order valence-electron chi connectivity index (χ4n) is 2.22. The van der Waals surface area contributed by atoms with Crippen molar-refractivity contribution in [2.75, 3.05) is 6.61 Å². The van der Waals surface area contributed by atoms with Gasteiger partial charge in [0.25, 0.3) is 5.56 Å². The van der Waals surface area contributed by atoms with E-state index in [0.29, 0.717) is 16.6 Å². The Kier molecular flexibility index (Phi) is 3.72. The molecule has 3 rings (SSSR count). The predicted octanol–water partition coefficient (Wildman–Crippen LogP) is 1.80. The van der Waals surface area contributed by atoms with Crippen molar-refractivity contribution in [2.24, 2.45) is 0 Å². The molecule has 1 aromatic carbocycles. The molecule has 0 atom stereocenters. The van der Waals surface area contributed by atoms with E-state index in [2.05, 4.69) is 4.98 Å². The monoisotopic (exact) mass is 302 g/mol. The highest BCUT2D eigenvalue weighted by Crippen LogP contribution is 2.30. The molecule has 0 saturated carbocycles. The lowest BCUT2D eigenvalue weighted by molar-refractivity contribution is 0.278. The number of H-pyrrole nitrogens is 1. The third-order valence-electron chi connectivity index (χ3n) is 3.27. The second-order valence-electron chi connectivity index (χ2n) is 4.68. The molecule has 0 amide bonds. The van der Waals surface area contributed by atoms with Crippen LogP contribution in [-0.4, -0.2) is 21.3 Å². The molecule has 0 aliphatic rings. The molecule has 2 N–H and O–H groups in total. The van der Waals surface area contributed by atoms with Crippen molar-refractivity contribution in [3.8, 4) is 10.4 Å². The number of aromatic amines is 1. The molecule has 0 bridgehead atoms. The van der Waals surface area contributed by atoms with E-state index in [-0.39, 0.29) is 18.7 Å². The van der Waals surface area contributed by atoms with Crippen LogP contribution in [0.15, 0.2) is 46.0 Å². The number of nitrogens with one attached hydrogen (secondary N) is 1. The Balaban J connectivity index is 2.16. The quantitative estimate of drug-likeness (QED) is 0.771. The van der Waals surface area contributed by atoms with Gasteiger partial charge in [-0.15, -0.1) is 11.3 Å². The van der Waals surface area contributed by atoms with Crippen molar-refractivity contribution >= 4 is 21.6 Å². The van der Waals surface area contributed by atoms with Crippen LogP contribution in [0.3, 0.4) is 0 Å². The minimum Gasteiger partial charge on any atom is -0.396 e. The maximum Gasteiger partial charge on any atom is 0.329 e. The molecule has 0 fully saturated rings. The van der Waals surface area contributed by atoms with Crippen LogP contribution in [0.2, 0.25) is 0 Å². The van der Waals surface area contributed by atoms with Crippen molar-refractivity contribution in [3.05, 3.63) is 57.2 Å². The van der Waals surface area contributed by atoms with Crippen molar-refractivity contribution in [1.29, 1.82) is 0 Å². The van der Waals surface area contributed by atoms with Gasteiger partial charge in [0.05, 0.1) is 5.39 Å². The number of nitrogens with zero attached hydrogens (tertiary/aromatic N) is 1. The highest BCUT2D eigenvalue weighted by atomic mass is 32.1. The average molecular weight is 302 g/mol. The second kappa shape index (κ2) is 5.67. The van der Waals surface area contributed by atoms with Crippen LogP contribution in [0.5, 0.6) is 0 Å². The maximum atomic E-state index is 12.4. The molecule has 3 aromatic rings. The second-order valence-corrected chi connectivity index (χ2v) is 5.74. The summed E-state index contributed by atoms with van der Waals surface area (Å²) in [4.78, 5) is 28.6. The van der Waals surface area contributed by atoms with E-state index in [1.807, 2.05) is 36.4 Å². The molecular weight excluding hydrogens is 288 g/mol. The van der Waals surface area contributed by atoms with E-state index in [0.717, 1.165) is 15.0 Å². The first kappa shape index (κ1) is 13.8. The van der Waals surface area contributed by atoms with Gasteiger partial charge in [-0.25, -0.2) is 4.79 Å². The molecule has 2 heterocycles. The molecular formula is C15H14N2O3S. The first-order chi connectivity index (χ1) is 10.2. The summed E-state index contributed by atoms with van der Waals surface area (Å²) in [5, 5.41) is 9.36. The van der Waals surface area contributed by atoms with E-state index in [1.165, 1.54) is 11.3 Å². The van der Waals surface area contributed by atoms with E-state index < -0.39 is 5.69 Å². The summed E-state index contributed by atoms with van der Waals surface area (Å²) in [6.45, 7) is 0.167. The van der Waals surface area contributed by atoms with Gasteiger partial charge in [0.2, 0.25) is 0 Å². The highest BCUT2D eigenvalue weighted by Gasteiger charge is 2.11. The maximum absolute atomic E-state index is 12.4. The average Bonchev–Trinajstić information content (AvgIpc) is 2.92. The number of thiophene rings is 1. The largest absolute Gasteiger partial charge is 0.396 e. The molecule has 0 aliphatic heterocycles. The Morgan fingerprint density at radius 1 is 1.19 bits per heavy atom. The topological polar surface area (TPSA) is 75.1 Å². The summed E-state index contributed by atoms with van der Waals surface area (Å²) in [6, 6.07) is 11.5. The molecule has 5 nitrogen and oxygen atoms in total. The zero-order valence-electron chi connectivity index (χ0n) is 11.2. The van der Waals surface area contributed by atoms with Crippen LogP contribution in [0, 0.1) is 0 Å². The zero-order chi connectivity index (χ0) is 14.8.